The molecule has 0 aliphatic carbocycles. The standard InChI is InChI=1S/C13H12Br2O2/c1-7-3-12(15)10(5-11(7)14)13(16)9-4-8(2)17-6-9/h3-6,13,16H,1-2H3. The molecule has 2 aromatic rings. The van der Waals surface area contributed by atoms with Gasteiger partial charge in [0, 0.05) is 20.1 Å². The van der Waals surface area contributed by atoms with E-state index < -0.39 is 6.10 Å². The van der Waals surface area contributed by atoms with Gasteiger partial charge in [-0.15, -0.1) is 0 Å². The van der Waals surface area contributed by atoms with Crippen molar-refractivity contribution in [1.82, 2.24) is 0 Å². The van der Waals surface area contributed by atoms with Gasteiger partial charge in [0.1, 0.15) is 11.9 Å². The highest BCUT2D eigenvalue weighted by atomic mass is 79.9. The van der Waals surface area contributed by atoms with E-state index in [2.05, 4.69) is 31.9 Å². The molecule has 1 atom stereocenters. The summed E-state index contributed by atoms with van der Waals surface area (Å²) < 4.78 is 7.09. The van der Waals surface area contributed by atoms with Crippen molar-refractivity contribution in [3.8, 4) is 0 Å². The van der Waals surface area contributed by atoms with Crippen molar-refractivity contribution in [3.63, 3.8) is 0 Å². The summed E-state index contributed by atoms with van der Waals surface area (Å²) in [4.78, 5) is 0. The van der Waals surface area contributed by atoms with Crippen LogP contribution in [0.2, 0.25) is 0 Å². The quantitative estimate of drug-likeness (QED) is 0.856. The van der Waals surface area contributed by atoms with Crippen molar-refractivity contribution in [2.45, 2.75) is 20.0 Å². The lowest BCUT2D eigenvalue weighted by molar-refractivity contribution is 0.218. The molecule has 1 unspecified atom stereocenters. The molecule has 2 rings (SSSR count). The largest absolute Gasteiger partial charge is 0.469 e. The second kappa shape index (κ2) is 4.96. The number of hydrogen-bond acceptors (Lipinski definition) is 2. The molecule has 0 bridgehead atoms. The van der Waals surface area contributed by atoms with Crippen LogP contribution in [0.1, 0.15) is 28.6 Å². The zero-order chi connectivity index (χ0) is 12.6. The van der Waals surface area contributed by atoms with Crippen molar-refractivity contribution in [2.24, 2.45) is 0 Å². The van der Waals surface area contributed by atoms with Crippen molar-refractivity contribution in [2.75, 3.05) is 0 Å². The van der Waals surface area contributed by atoms with Crippen LogP contribution < -0.4 is 0 Å². The zero-order valence-corrected chi connectivity index (χ0v) is 12.7. The third-order valence-electron chi connectivity index (χ3n) is 2.64. The lowest BCUT2D eigenvalue weighted by atomic mass is 10.0. The lowest BCUT2D eigenvalue weighted by Crippen LogP contribution is -2.00. The number of aryl methyl sites for hydroxylation is 2. The molecule has 1 aromatic heterocycles. The average molecular weight is 360 g/mol. The van der Waals surface area contributed by atoms with Gasteiger partial charge in [-0.05, 0) is 37.6 Å². The summed E-state index contributed by atoms with van der Waals surface area (Å²) in [6.07, 6.45) is 0.902. The van der Waals surface area contributed by atoms with Gasteiger partial charge in [-0.2, -0.15) is 0 Å². The summed E-state index contributed by atoms with van der Waals surface area (Å²) in [5, 5.41) is 10.3. The topological polar surface area (TPSA) is 33.4 Å². The van der Waals surface area contributed by atoms with Gasteiger partial charge in [0.25, 0.3) is 0 Å². The van der Waals surface area contributed by atoms with Crippen molar-refractivity contribution >= 4 is 31.9 Å². The van der Waals surface area contributed by atoms with Crippen LogP contribution in [0, 0.1) is 13.8 Å². The summed E-state index contributed by atoms with van der Waals surface area (Å²) in [6, 6.07) is 5.74. The van der Waals surface area contributed by atoms with Crippen molar-refractivity contribution in [1.29, 1.82) is 0 Å². The van der Waals surface area contributed by atoms with Crippen LogP contribution in [0.4, 0.5) is 0 Å². The van der Waals surface area contributed by atoms with E-state index in [-0.39, 0.29) is 0 Å². The molecule has 0 aliphatic rings. The Balaban J connectivity index is 2.43. The molecule has 0 amide bonds. The Morgan fingerprint density at radius 2 is 1.82 bits per heavy atom. The van der Waals surface area contributed by atoms with E-state index in [0.717, 1.165) is 31.4 Å². The molecule has 1 aromatic carbocycles. The van der Waals surface area contributed by atoms with E-state index in [1.807, 2.05) is 32.0 Å². The lowest BCUT2D eigenvalue weighted by Gasteiger charge is -2.13. The Bertz CT molecular complexity index is 546. The fourth-order valence-electron chi connectivity index (χ4n) is 1.66. The summed E-state index contributed by atoms with van der Waals surface area (Å²) in [5.41, 5.74) is 2.71. The minimum Gasteiger partial charge on any atom is -0.469 e. The maximum atomic E-state index is 10.3. The molecule has 0 aliphatic heterocycles. The molecule has 90 valence electrons. The van der Waals surface area contributed by atoms with Crippen molar-refractivity contribution < 1.29 is 9.52 Å². The number of aliphatic hydroxyl groups is 1. The van der Waals surface area contributed by atoms with Gasteiger partial charge < -0.3 is 9.52 Å². The number of hydrogen-bond donors (Lipinski definition) is 1. The second-order valence-corrected chi connectivity index (χ2v) is 5.72. The highest BCUT2D eigenvalue weighted by Gasteiger charge is 2.16. The first-order valence-electron chi connectivity index (χ1n) is 5.17. The fraction of sp³-hybridized carbons (Fsp3) is 0.231. The van der Waals surface area contributed by atoms with Gasteiger partial charge in [0.2, 0.25) is 0 Å². The van der Waals surface area contributed by atoms with Crippen LogP contribution in [-0.2, 0) is 0 Å². The van der Waals surface area contributed by atoms with E-state index in [9.17, 15) is 5.11 Å². The maximum absolute atomic E-state index is 10.3. The van der Waals surface area contributed by atoms with E-state index >= 15 is 0 Å². The molecular formula is C13H12Br2O2. The SMILES string of the molecule is Cc1cc(C(O)c2cc(Br)c(C)cc2Br)co1. The normalized spacial score (nSPS) is 12.8. The van der Waals surface area contributed by atoms with E-state index in [1.54, 1.807) is 6.26 Å². The first-order valence-corrected chi connectivity index (χ1v) is 6.76. The molecule has 0 spiro atoms. The van der Waals surface area contributed by atoms with Crippen LogP contribution >= 0.6 is 31.9 Å². The molecule has 0 saturated heterocycles. The van der Waals surface area contributed by atoms with Crippen molar-refractivity contribution in [3.05, 3.63) is 55.9 Å². The summed E-state index contributed by atoms with van der Waals surface area (Å²) >= 11 is 6.95. The monoisotopic (exact) mass is 358 g/mol. The number of rotatable bonds is 2. The molecule has 0 fully saturated rings. The van der Waals surface area contributed by atoms with E-state index in [4.69, 9.17) is 4.42 Å². The second-order valence-electron chi connectivity index (χ2n) is 4.02. The molecule has 0 saturated carbocycles. The van der Waals surface area contributed by atoms with Gasteiger partial charge in [0.05, 0.1) is 6.26 Å². The molecule has 4 heteroatoms. The van der Waals surface area contributed by atoms with Gasteiger partial charge >= 0.3 is 0 Å². The predicted molar refractivity (Wildman–Crippen MR) is 74.1 cm³/mol. The Hall–Kier alpha value is -0.580. The highest BCUT2D eigenvalue weighted by molar-refractivity contribution is 9.11. The molecule has 2 nitrogen and oxygen atoms in total. The molecular weight excluding hydrogens is 348 g/mol. The van der Waals surface area contributed by atoms with Crippen LogP contribution in [0.5, 0.6) is 0 Å². The van der Waals surface area contributed by atoms with Gasteiger partial charge in [0.15, 0.2) is 0 Å². The summed E-state index contributed by atoms with van der Waals surface area (Å²) in [7, 11) is 0. The molecule has 1 heterocycles. The Morgan fingerprint density at radius 3 is 2.41 bits per heavy atom. The first-order chi connectivity index (χ1) is 7.99. The third kappa shape index (κ3) is 2.64. The minimum atomic E-state index is -0.682. The average Bonchev–Trinajstić information content (AvgIpc) is 2.69. The van der Waals surface area contributed by atoms with Gasteiger partial charge in [-0.3, -0.25) is 0 Å². The molecule has 0 radical (unpaired) electrons. The fourth-order valence-corrected chi connectivity index (χ4v) is 2.69. The predicted octanol–water partition coefficient (Wildman–Crippen LogP) is 4.50. The van der Waals surface area contributed by atoms with Crippen LogP contribution in [0.25, 0.3) is 0 Å². The minimum absolute atomic E-state index is 0.682. The van der Waals surface area contributed by atoms with Gasteiger partial charge in [-0.25, -0.2) is 0 Å². The van der Waals surface area contributed by atoms with E-state index in [0.29, 0.717) is 0 Å². The molecule has 1 N–H and O–H groups in total. The molecule has 17 heavy (non-hydrogen) atoms. The third-order valence-corrected chi connectivity index (χ3v) is 4.18. The Morgan fingerprint density at radius 1 is 1.12 bits per heavy atom. The zero-order valence-electron chi connectivity index (χ0n) is 9.50. The maximum Gasteiger partial charge on any atom is 0.108 e. The number of halogens is 2. The Labute approximate surface area is 117 Å². The number of aliphatic hydroxyl groups excluding tert-OH is 1. The first kappa shape index (κ1) is 12.9. The smallest absolute Gasteiger partial charge is 0.108 e. The number of benzene rings is 1. The van der Waals surface area contributed by atoms with Gasteiger partial charge in [-0.1, -0.05) is 31.9 Å². The van der Waals surface area contributed by atoms with E-state index in [1.165, 1.54) is 0 Å². The van der Waals surface area contributed by atoms with Crippen LogP contribution in [0.15, 0.2) is 37.8 Å². The highest BCUT2D eigenvalue weighted by Crippen LogP contribution is 2.33. The van der Waals surface area contributed by atoms with Crippen LogP contribution in [-0.4, -0.2) is 5.11 Å². The summed E-state index contributed by atoms with van der Waals surface area (Å²) in [5.74, 6) is 0.793. The number of furan rings is 1. The van der Waals surface area contributed by atoms with Crippen LogP contribution in [0.3, 0.4) is 0 Å². The Kier molecular flexibility index (Phi) is 3.76. The summed E-state index contributed by atoms with van der Waals surface area (Å²) in [6.45, 7) is 3.86.